The average molecular weight is 448 g/mol. The molecular weight excluding hydrogens is 427 g/mol. The first-order chi connectivity index (χ1) is 15.1. The van der Waals surface area contributed by atoms with Gasteiger partial charge >= 0.3 is 0 Å². The largest absolute Gasteiger partial charge is 0.382 e. The maximum atomic E-state index is 14.2. The predicted molar refractivity (Wildman–Crippen MR) is 109 cm³/mol. The summed E-state index contributed by atoms with van der Waals surface area (Å²) >= 11 is -1.85. The van der Waals surface area contributed by atoms with Gasteiger partial charge in [-0.15, -0.1) is 0 Å². The van der Waals surface area contributed by atoms with Crippen LogP contribution in [0.2, 0.25) is 0 Å². The van der Waals surface area contributed by atoms with Crippen LogP contribution in [0, 0.1) is 5.82 Å². The van der Waals surface area contributed by atoms with Gasteiger partial charge in [-0.25, -0.2) is 23.6 Å². The van der Waals surface area contributed by atoms with E-state index in [0.29, 0.717) is 29.0 Å². The zero-order valence-electron chi connectivity index (χ0n) is 16.4. The molecule has 3 unspecified atom stereocenters. The van der Waals surface area contributed by atoms with Crippen molar-refractivity contribution in [2.45, 2.75) is 30.7 Å². The molecule has 4 heterocycles. The number of nitrogen functional groups attached to an aromatic ring is 1. The molecule has 0 amide bonds. The highest BCUT2D eigenvalue weighted by molar-refractivity contribution is 7.78. The zero-order valence-corrected chi connectivity index (χ0v) is 17.3. The van der Waals surface area contributed by atoms with Crippen LogP contribution in [0.4, 0.5) is 10.2 Å². The summed E-state index contributed by atoms with van der Waals surface area (Å²) in [5.74, 6) is -0.0684. The highest BCUT2D eigenvalue weighted by Gasteiger charge is 2.44. The molecular formula is C19H21FN6O4S. The monoisotopic (exact) mass is 448 g/mol. The Kier molecular flexibility index (Phi) is 5.40. The lowest BCUT2D eigenvalue weighted by atomic mass is 9.89. The molecule has 0 bridgehead atoms. The zero-order chi connectivity index (χ0) is 21.4. The van der Waals surface area contributed by atoms with Crippen molar-refractivity contribution in [2.75, 3.05) is 25.6 Å². The lowest BCUT2D eigenvalue weighted by Gasteiger charge is -2.41. The third-order valence-electron chi connectivity index (χ3n) is 5.51. The summed E-state index contributed by atoms with van der Waals surface area (Å²) in [5, 5.41) is 0. The third-order valence-corrected chi connectivity index (χ3v) is 6.42. The molecule has 2 aromatic heterocycles. The number of nitrogens with one attached hydrogen (secondary N) is 1. The number of benzene rings is 1. The number of rotatable bonds is 7. The maximum Gasteiger partial charge on any atom is 0.235 e. The van der Waals surface area contributed by atoms with E-state index < -0.39 is 16.8 Å². The smallest absolute Gasteiger partial charge is 0.235 e. The van der Waals surface area contributed by atoms with E-state index >= 15 is 0 Å². The minimum Gasteiger partial charge on any atom is -0.382 e. The van der Waals surface area contributed by atoms with Gasteiger partial charge in [0.25, 0.3) is 0 Å². The molecule has 2 saturated heterocycles. The Morgan fingerprint density at radius 2 is 2.13 bits per heavy atom. The van der Waals surface area contributed by atoms with E-state index in [-0.39, 0.29) is 38.0 Å². The molecule has 0 saturated carbocycles. The molecule has 0 spiro atoms. The predicted octanol–water partition coefficient (Wildman–Crippen LogP) is 1.34. The fourth-order valence-corrected chi connectivity index (χ4v) is 4.73. The Morgan fingerprint density at radius 1 is 1.29 bits per heavy atom. The van der Waals surface area contributed by atoms with Crippen molar-refractivity contribution in [3.05, 3.63) is 48.3 Å². The van der Waals surface area contributed by atoms with Gasteiger partial charge in [0, 0.05) is 5.56 Å². The first kappa shape index (κ1) is 20.4. The fourth-order valence-electron chi connectivity index (χ4n) is 3.85. The van der Waals surface area contributed by atoms with Crippen molar-refractivity contribution < 1.29 is 22.3 Å². The highest BCUT2D eigenvalue weighted by Crippen LogP contribution is 2.33. The minimum atomic E-state index is -1.85. The first-order valence-electron chi connectivity index (χ1n) is 9.80. The molecule has 3 N–H and O–H groups in total. The van der Waals surface area contributed by atoms with Crippen LogP contribution < -0.4 is 10.5 Å². The van der Waals surface area contributed by atoms with Gasteiger partial charge in [0.2, 0.25) is 11.3 Å². The van der Waals surface area contributed by atoms with E-state index in [1.165, 1.54) is 12.4 Å². The lowest BCUT2D eigenvalue weighted by molar-refractivity contribution is -0.0690. The quantitative estimate of drug-likeness (QED) is 0.554. The SMILES string of the molecule is Nc1ncnc2c1ncn2C1CCC(COS(=O)NC2(c3ccccc3F)COC2)O1. The first-order valence-corrected chi connectivity index (χ1v) is 10.9. The van der Waals surface area contributed by atoms with Crippen LogP contribution in [-0.4, -0.2) is 49.7 Å². The molecule has 164 valence electrons. The molecule has 0 aliphatic carbocycles. The second kappa shape index (κ2) is 8.20. The summed E-state index contributed by atoms with van der Waals surface area (Å²) in [7, 11) is 0. The van der Waals surface area contributed by atoms with Gasteiger partial charge in [-0.3, -0.25) is 8.75 Å². The number of ether oxygens (including phenoxy) is 2. The van der Waals surface area contributed by atoms with Gasteiger partial charge in [-0.2, -0.15) is 4.72 Å². The van der Waals surface area contributed by atoms with Gasteiger partial charge in [0.15, 0.2) is 11.5 Å². The van der Waals surface area contributed by atoms with Crippen molar-refractivity contribution in [3.63, 3.8) is 0 Å². The number of nitrogens with zero attached hydrogens (tertiary/aromatic N) is 4. The van der Waals surface area contributed by atoms with Gasteiger partial charge in [-0.05, 0) is 18.9 Å². The molecule has 1 aromatic carbocycles. The van der Waals surface area contributed by atoms with Crippen LogP contribution in [0.5, 0.6) is 0 Å². The summed E-state index contributed by atoms with van der Waals surface area (Å²) in [4.78, 5) is 12.4. The van der Waals surface area contributed by atoms with E-state index in [1.54, 1.807) is 24.5 Å². The normalized spacial score (nSPS) is 23.6. The van der Waals surface area contributed by atoms with Gasteiger partial charge in [0.1, 0.15) is 29.4 Å². The summed E-state index contributed by atoms with van der Waals surface area (Å²) in [6.07, 6.45) is 3.90. The van der Waals surface area contributed by atoms with Crippen LogP contribution in [0.3, 0.4) is 0 Å². The van der Waals surface area contributed by atoms with Crippen LogP contribution in [0.15, 0.2) is 36.9 Å². The Morgan fingerprint density at radius 3 is 2.90 bits per heavy atom. The van der Waals surface area contributed by atoms with Gasteiger partial charge in [0.05, 0.1) is 32.3 Å². The standard InChI is InChI=1S/C19H21FN6O4S/c20-14-4-2-1-3-13(14)19(8-28-9-19)25-31(27)29-7-12-5-6-15(30-12)26-11-24-16-17(21)22-10-23-18(16)26/h1-4,10-12,15,25H,5-9H2,(H2,21,22,23). The Bertz CT molecular complexity index is 1120. The van der Waals surface area contributed by atoms with Gasteiger partial charge in [-0.1, -0.05) is 18.2 Å². The van der Waals surface area contributed by atoms with E-state index in [4.69, 9.17) is 19.4 Å². The van der Waals surface area contributed by atoms with Crippen molar-refractivity contribution in [3.8, 4) is 0 Å². The number of hydrogen-bond donors (Lipinski definition) is 2. The van der Waals surface area contributed by atoms with Crippen molar-refractivity contribution in [1.29, 1.82) is 0 Å². The maximum absolute atomic E-state index is 14.2. The molecule has 3 atom stereocenters. The molecule has 31 heavy (non-hydrogen) atoms. The molecule has 12 heteroatoms. The van der Waals surface area contributed by atoms with E-state index in [0.717, 1.165) is 6.42 Å². The van der Waals surface area contributed by atoms with E-state index in [2.05, 4.69) is 19.7 Å². The number of anilines is 1. The summed E-state index contributed by atoms with van der Waals surface area (Å²) in [5.41, 5.74) is 6.49. The molecule has 10 nitrogen and oxygen atoms in total. The molecule has 5 rings (SSSR count). The molecule has 0 radical (unpaired) electrons. The topological polar surface area (TPSA) is 126 Å². The Balaban J connectivity index is 1.19. The Labute approximate surface area is 179 Å². The summed E-state index contributed by atoms with van der Waals surface area (Å²) in [6, 6.07) is 6.36. The van der Waals surface area contributed by atoms with E-state index in [9.17, 15) is 8.60 Å². The number of hydrogen-bond acceptors (Lipinski definition) is 8. The van der Waals surface area contributed by atoms with Crippen molar-refractivity contribution in [1.82, 2.24) is 24.2 Å². The van der Waals surface area contributed by atoms with Crippen LogP contribution >= 0.6 is 0 Å². The molecule has 2 aliphatic heterocycles. The summed E-state index contributed by atoms with van der Waals surface area (Å²) < 4.78 is 48.2. The number of halogens is 1. The Hall–Kier alpha value is -2.51. The number of fused-ring (bicyclic) bond motifs is 1. The van der Waals surface area contributed by atoms with Crippen molar-refractivity contribution in [2.24, 2.45) is 0 Å². The van der Waals surface area contributed by atoms with Crippen LogP contribution in [-0.2, 0) is 30.5 Å². The second-order valence-corrected chi connectivity index (χ2v) is 8.46. The second-order valence-electron chi connectivity index (χ2n) is 7.55. The minimum absolute atomic E-state index is 0.119. The molecule has 2 fully saturated rings. The number of nitrogens with two attached hydrogens (primary N) is 1. The lowest BCUT2D eigenvalue weighted by Crippen LogP contribution is -2.58. The number of aromatic nitrogens is 4. The number of imidazole rings is 1. The van der Waals surface area contributed by atoms with Crippen LogP contribution in [0.25, 0.3) is 11.2 Å². The van der Waals surface area contributed by atoms with E-state index in [1.807, 2.05) is 4.57 Å². The van der Waals surface area contributed by atoms with Crippen molar-refractivity contribution >= 4 is 28.2 Å². The highest BCUT2D eigenvalue weighted by atomic mass is 32.2. The summed E-state index contributed by atoms with van der Waals surface area (Å²) in [6.45, 7) is 0.543. The average Bonchev–Trinajstić information content (AvgIpc) is 3.37. The fraction of sp³-hybridized carbons (Fsp3) is 0.421. The van der Waals surface area contributed by atoms with Crippen LogP contribution in [0.1, 0.15) is 24.6 Å². The van der Waals surface area contributed by atoms with Gasteiger partial charge < -0.3 is 15.2 Å². The molecule has 2 aliphatic rings. The third kappa shape index (κ3) is 3.81. The molecule has 3 aromatic rings.